The van der Waals surface area contributed by atoms with Gasteiger partial charge < -0.3 is 0 Å². The van der Waals surface area contributed by atoms with Crippen molar-refractivity contribution in [3.05, 3.63) is 18.2 Å². The third-order valence-corrected chi connectivity index (χ3v) is 0.908. The first-order chi connectivity index (χ1) is 5.18. The molecular formula is C6H6FN3O. The maximum absolute atomic E-state index is 12.2. The maximum Gasteiger partial charge on any atom is 0.229 e. The Morgan fingerprint density at radius 3 is 2.55 bits per heavy atom. The van der Waals surface area contributed by atoms with Gasteiger partial charge in [-0.05, 0) is 0 Å². The van der Waals surface area contributed by atoms with E-state index in [2.05, 4.69) is 15.3 Å². The van der Waals surface area contributed by atoms with Crippen molar-refractivity contribution < 1.29 is 9.18 Å². The molecule has 0 bridgehead atoms. The largest absolute Gasteiger partial charge is 0.295 e. The number of hydrogen-bond donors (Lipinski definition) is 1. The van der Waals surface area contributed by atoms with Crippen molar-refractivity contribution in [3.8, 4) is 0 Å². The topological polar surface area (TPSA) is 54.9 Å². The van der Waals surface area contributed by atoms with Crippen molar-refractivity contribution >= 4 is 11.9 Å². The predicted octanol–water partition coefficient (Wildman–Crippen LogP) is 0.574. The second-order valence-electron chi connectivity index (χ2n) is 1.91. The fraction of sp³-hybridized carbons (Fsp3) is 0.167. The van der Waals surface area contributed by atoms with Crippen LogP contribution in [-0.4, -0.2) is 15.9 Å². The molecule has 1 rings (SSSR count). The highest BCUT2D eigenvalue weighted by Gasteiger charge is 1.97. The first-order valence-corrected chi connectivity index (χ1v) is 2.93. The summed E-state index contributed by atoms with van der Waals surface area (Å²) in [7, 11) is 0. The lowest BCUT2D eigenvalue weighted by atomic mass is 10.6. The van der Waals surface area contributed by atoms with Gasteiger partial charge in [-0.3, -0.25) is 10.1 Å². The molecule has 0 unspecified atom stereocenters. The molecular weight excluding hydrogens is 149 g/mol. The van der Waals surface area contributed by atoms with Crippen LogP contribution in [0.3, 0.4) is 0 Å². The number of aromatic nitrogens is 2. The van der Waals surface area contributed by atoms with Crippen LogP contribution in [0.4, 0.5) is 10.3 Å². The smallest absolute Gasteiger partial charge is 0.229 e. The van der Waals surface area contributed by atoms with Gasteiger partial charge in [-0.15, -0.1) is 0 Å². The predicted molar refractivity (Wildman–Crippen MR) is 36.3 cm³/mol. The van der Waals surface area contributed by atoms with Gasteiger partial charge in [0.1, 0.15) is 0 Å². The normalized spacial score (nSPS) is 9.27. The van der Waals surface area contributed by atoms with Crippen LogP contribution in [0.2, 0.25) is 0 Å². The number of nitrogens with one attached hydrogen (secondary N) is 1. The third kappa shape index (κ3) is 2.29. The second-order valence-corrected chi connectivity index (χ2v) is 1.91. The average molecular weight is 155 g/mol. The van der Waals surface area contributed by atoms with Gasteiger partial charge >= 0.3 is 0 Å². The number of halogens is 1. The van der Waals surface area contributed by atoms with E-state index < -0.39 is 5.82 Å². The van der Waals surface area contributed by atoms with E-state index in [9.17, 15) is 9.18 Å². The zero-order valence-electron chi connectivity index (χ0n) is 5.84. The molecule has 0 atom stereocenters. The monoisotopic (exact) mass is 155 g/mol. The Morgan fingerprint density at radius 2 is 2.09 bits per heavy atom. The number of anilines is 1. The summed E-state index contributed by atoms with van der Waals surface area (Å²) in [5.41, 5.74) is 0. The number of carbonyl (C=O) groups is 1. The number of amides is 1. The summed E-state index contributed by atoms with van der Waals surface area (Å²) < 4.78 is 12.2. The molecule has 0 fully saturated rings. The molecule has 1 aromatic rings. The Labute approximate surface area is 62.5 Å². The zero-order valence-corrected chi connectivity index (χ0v) is 5.84. The van der Waals surface area contributed by atoms with Crippen molar-refractivity contribution in [3.63, 3.8) is 0 Å². The Balaban J connectivity index is 2.74. The van der Waals surface area contributed by atoms with Crippen LogP contribution in [0, 0.1) is 5.82 Å². The third-order valence-electron chi connectivity index (χ3n) is 0.908. The van der Waals surface area contributed by atoms with E-state index in [1.54, 1.807) is 0 Å². The van der Waals surface area contributed by atoms with E-state index in [-0.39, 0.29) is 11.9 Å². The fourth-order valence-electron chi connectivity index (χ4n) is 0.534. The summed E-state index contributed by atoms with van der Waals surface area (Å²) in [4.78, 5) is 17.4. The average Bonchev–Trinajstić information content (AvgIpc) is 1.93. The van der Waals surface area contributed by atoms with Gasteiger partial charge in [-0.2, -0.15) is 0 Å². The van der Waals surface area contributed by atoms with Gasteiger partial charge in [-0.25, -0.2) is 14.4 Å². The SMILES string of the molecule is CC(=O)Nc1ncc(F)cn1. The van der Waals surface area contributed by atoms with Gasteiger partial charge in [-0.1, -0.05) is 0 Å². The standard InChI is InChI=1S/C6H6FN3O/c1-4(11)10-6-8-2-5(7)3-9-6/h2-3H,1H3,(H,8,9,10,11). The van der Waals surface area contributed by atoms with Crippen LogP contribution in [0.25, 0.3) is 0 Å². The van der Waals surface area contributed by atoms with Crippen molar-refractivity contribution in [2.75, 3.05) is 5.32 Å². The number of rotatable bonds is 1. The lowest BCUT2D eigenvalue weighted by molar-refractivity contribution is -0.114. The number of carbonyl (C=O) groups excluding carboxylic acids is 1. The summed E-state index contributed by atoms with van der Waals surface area (Å²) in [6.07, 6.45) is 1.97. The van der Waals surface area contributed by atoms with Crippen LogP contribution >= 0.6 is 0 Å². The van der Waals surface area contributed by atoms with E-state index in [1.165, 1.54) is 6.92 Å². The molecule has 5 heteroatoms. The van der Waals surface area contributed by atoms with E-state index in [1.807, 2.05) is 0 Å². The lowest BCUT2D eigenvalue weighted by Gasteiger charge is -1.96. The highest BCUT2D eigenvalue weighted by atomic mass is 19.1. The molecule has 4 nitrogen and oxygen atoms in total. The van der Waals surface area contributed by atoms with Crippen LogP contribution in [-0.2, 0) is 4.79 Å². The molecule has 58 valence electrons. The zero-order chi connectivity index (χ0) is 8.27. The molecule has 1 heterocycles. The first kappa shape index (κ1) is 7.59. The minimum atomic E-state index is -0.529. The van der Waals surface area contributed by atoms with Crippen molar-refractivity contribution in [1.82, 2.24) is 9.97 Å². The number of nitrogens with zero attached hydrogens (tertiary/aromatic N) is 2. The molecule has 1 amide bonds. The molecule has 11 heavy (non-hydrogen) atoms. The number of hydrogen-bond acceptors (Lipinski definition) is 3. The highest BCUT2D eigenvalue weighted by Crippen LogP contribution is 1.96. The van der Waals surface area contributed by atoms with E-state index in [0.29, 0.717) is 0 Å². The van der Waals surface area contributed by atoms with E-state index in [4.69, 9.17) is 0 Å². The van der Waals surface area contributed by atoms with E-state index >= 15 is 0 Å². The fourth-order valence-corrected chi connectivity index (χ4v) is 0.534. The molecule has 0 saturated heterocycles. The molecule has 0 aliphatic carbocycles. The first-order valence-electron chi connectivity index (χ1n) is 2.93. The molecule has 0 aliphatic rings. The molecule has 1 aromatic heterocycles. The van der Waals surface area contributed by atoms with Crippen molar-refractivity contribution in [2.24, 2.45) is 0 Å². The lowest BCUT2D eigenvalue weighted by Crippen LogP contribution is -2.08. The van der Waals surface area contributed by atoms with Gasteiger partial charge in [0.25, 0.3) is 0 Å². The quantitative estimate of drug-likeness (QED) is 0.645. The van der Waals surface area contributed by atoms with Crippen molar-refractivity contribution in [1.29, 1.82) is 0 Å². The van der Waals surface area contributed by atoms with Crippen molar-refractivity contribution in [2.45, 2.75) is 6.92 Å². The van der Waals surface area contributed by atoms with Crippen LogP contribution in [0.15, 0.2) is 12.4 Å². The Morgan fingerprint density at radius 1 is 1.55 bits per heavy atom. The molecule has 0 aliphatic heterocycles. The van der Waals surface area contributed by atoms with Gasteiger partial charge in [0, 0.05) is 6.92 Å². The van der Waals surface area contributed by atoms with Crippen LogP contribution in [0.5, 0.6) is 0 Å². The minimum Gasteiger partial charge on any atom is -0.295 e. The molecule has 1 N–H and O–H groups in total. The molecule has 0 aromatic carbocycles. The van der Waals surface area contributed by atoms with Crippen LogP contribution in [0.1, 0.15) is 6.92 Å². The van der Waals surface area contributed by atoms with Gasteiger partial charge in [0.05, 0.1) is 12.4 Å². The second kappa shape index (κ2) is 3.05. The van der Waals surface area contributed by atoms with E-state index in [0.717, 1.165) is 12.4 Å². The Kier molecular flexibility index (Phi) is 2.10. The van der Waals surface area contributed by atoms with Gasteiger partial charge in [0.15, 0.2) is 5.82 Å². The molecule has 0 spiro atoms. The summed E-state index contributed by atoms with van der Waals surface area (Å²) in [6.45, 7) is 1.33. The summed E-state index contributed by atoms with van der Waals surface area (Å²) >= 11 is 0. The van der Waals surface area contributed by atoms with Gasteiger partial charge in [0.2, 0.25) is 11.9 Å². The Bertz CT molecular complexity index is 259. The summed E-state index contributed by atoms with van der Waals surface area (Å²) in [5.74, 6) is -0.699. The minimum absolute atomic E-state index is 0.110. The van der Waals surface area contributed by atoms with Crippen LogP contribution < -0.4 is 5.32 Å². The Hall–Kier alpha value is -1.52. The molecule has 0 saturated carbocycles. The summed E-state index contributed by atoms with van der Waals surface area (Å²) in [5, 5.41) is 2.30. The maximum atomic E-state index is 12.2. The molecule has 0 radical (unpaired) electrons. The highest BCUT2D eigenvalue weighted by molar-refractivity contribution is 5.86. The summed E-state index contributed by atoms with van der Waals surface area (Å²) in [6, 6.07) is 0.